The fourth-order valence-corrected chi connectivity index (χ4v) is 1.67. The van der Waals surface area contributed by atoms with E-state index in [9.17, 15) is 0 Å². The Balaban J connectivity index is 2.82. The minimum absolute atomic E-state index is 0.547. The van der Waals surface area contributed by atoms with E-state index in [0.29, 0.717) is 5.92 Å². The van der Waals surface area contributed by atoms with Crippen LogP contribution in [0.2, 0.25) is 0 Å². The molecule has 1 aromatic rings. The van der Waals surface area contributed by atoms with E-state index >= 15 is 0 Å². The molecule has 0 heteroatoms. The van der Waals surface area contributed by atoms with Crippen molar-refractivity contribution in [2.24, 2.45) is 0 Å². The molecule has 0 aliphatic rings. The zero-order chi connectivity index (χ0) is 9.68. The van der Waals surface area contributed by atoms with E-state index in [0.717, 1.165) is 0 Å². The van der Waals surface area contributed by atoms with Gasteiger partial charge >= 0.3 is 0 Å². The topological polar surface area (TPSA) is 0 Å². The fourth-order valence-electron chi connectivity index (χ4n) is 1.67. The minimum atomic E-state index is 0.547. The molecule has 1 rings (SSSR count). The summed E-state index contributed by atoms with van der Waals surface area (Å²) in [7, 11) is 0. The Morgan fingerprint density at radius 1 is 1.31 bits per heavy atom. The van der Waals surface area contributed by atoms with E-state index in [2.05, 4.69) is 50.8 Å². The van der Waals surface area contributed by atoms with Crippen molar-refractivity contribution in [3.63, 3.8) is 0 Å². The van der Waals surface area contributed by atoms with Crippen LogP contribution < -0.4 is 0 Å². The van der Waals surface area contributed by atoms with Crippen molar-refractivity contribution in [1.29, 1.82) is 0 Å². The van der Waals surface area contributed by atoms with Crippen molar-refractivity contribution in [3.05, 3.63) is 48.0 Å². The summed E-state index contributed by atoms with van der Waals surface area (Å²) in [5.41, 5.74) is 2.67. The summed E-state index contributed by atoms with van der Waals surface area (Å²) >= 11 is 0. The number of hydrogen-bond donors (Lipinski definition) is 0. The summed E-state index contributed by atoms with van der Waals surface area (Å²) < 4.78 is 0. The first kappa shape index (κ1) is 10.0. The van der Waals surface area contributed by atoms with Crippen LogP contribution >= 0.6 is 0 Å². The molecule has 0 bridgehead atoms. The van der Waals surface area contributed by atoms with Crippen molar-refractivity contribution in [2.45, 2.75) is 32.6 Å². The molecule has 0 nitrogen and oxygen atoms in total. The molecule has 0 fully saturated rings. The lowest BCUT2D eigenvalue weighted by Crippen LogP contribution is -1.98. The van der Waals surface area contributed by atoms with Gasteiger partial charge < -0.3 is 0 Å². The van der Waals surface area contributed by atoms with Crippen LogP contribution in [-0.4, -0.2) is 0 Å². The zero-order valence-corrected chi connectivity index (χ0v) is 8.59. The van der Waals surface area contributed by atoms with Crippen LogP contribution in [0.15, 0.2) is 42.5 Å². The minimum Gasteiger partial charge on any atom is -0.0995 e. The fraction of sp³-hybridized carbons (Fsp3) is 0.385. The molecule has 0 aliphatic heterocycles. The van der Waals surface area contributed by atoms with Gasteiger partial charge in [0.25, 0.3) is 0 Å². The Bertz CT molecular complexity index is 259. The molecule has 0 heterocycles. The molecular formula is C13H18. The van der Waals surface area contributed by atoms with E-state index in [1.165, 1.54) is 24.0 Å². The Labute approximate surface area is 81.3 Å². The van der Waals surface area contributed by atoms with Gasteiger partial charge in [-0.25, -0.2) is 0 Å². The molecule has 0 N–H and O–H groups in total. The second kappa shape index (κ2) is 4.86. The summed E-state index contributed by atoms with van der Waals surface area (Å²) in [4.78, 5) is 0. The number of allylic oxidation sites excluding steroid dienone is 1. The largest absolute Gasteiger partial charge is 0.0995 e. The quantitative estimate of drug-likeness (QED) is 0.602. The first-order chi connectivity index (χ1) is 6.25. The van der Waals surface area contributed by atoms with Gasteiger partial charge in [-0.15, -0.1) is 0 Å². The summed E-state index contributed by atoms with van der Waals surface area (Å²) in [6, 6.07) is 10.6. The Morgan fingerprint density at radius 2 is 1.92 bits per heavy atom. The van der Waals surface area contributed by atoms with Crippen LogP contribution in [0.25, 0.3) is 0 Å². The maximum Gasteiger partial charge on any atom is 0.00426 e. The van der Waals surface area contributed by atoms with Gasteiger partial charge in [0.05, 0.1) is 0 Å². The van der Waals surface area contributed by atoms with Crippen LogP contribution in [-0.2, 0) is 0 Å². The van der Waals surface area contributed by atoms with Crippen molar-refractivity contribution in [2.75, 3.05) is 0 Å². The molecule has 13 heavy (non-hydrogen) atoms. The normalized spacial score (nSPS) is 12.5. The first-order valence-electron chi connectivity index (χ1n) is 4.96. The first-order valence-corrected chi connectivity index (χ1v) is 4.96. The van der Waals surface area contributed by atoms with Crippen LogP contribution in [0.4, 0.5) is 0 Å². The highest BCUT2D eigenvalue weighted by Crippen LogP contribution is 2.27. The monoisotopic (exact) mass is 174 g/mol. The molecule has 70 valence electrons. The highest BCUT2D eigenvalue weighted by atomic mass is 14.1. The molecule has 1 unspecified atom stereocenters. The van der Waals surface area contributed by atoms with E-state index in [1.54, 1.807) is 0 Å². The van der Waals surface area contributed by atoms with Crippen LogP contribution in [0.5, 0.6) is 0 Å². The van der Waals surface area contributed by atoms with Gasteiger partial charge in [0.1, 0.15) is 0 Å². The molecule has 0 aliphatic carbocycles. The second-order valence-electron chi connectivity index (χ2n) is 3.60. The van der Waals surface area contributed by atoms with E-state index < -0.39 is 0 Å². The molecule has 1 aromatic carbocycles. The smallest absolute Gasteiger partial charge is 0.00426 e. The third kappa shape index (κ3) is 2.73. The number of rotatable bonds is 4. The van der Waals surface area contributed by atoms with Gasteiger partial charge in [-0.3, -0.25) is 0 Å². The summed E-state index contributed by atoms with van der Waals surface area (Å²) in [6.07, 6.45) is 2.42. The summed E-state index contributed by atoms with van der Waals surface area (Å²) in [5.74, 6) is 0.547. The molecular weight excluding hydrogens is 156 g/mol. The van der Waals surface area contributed by atoms with Gasteiger partial charge in [-0.2, -0.15) is 0 Å². The molecule has 0 aromatic heterocycles. The lowest BCUT2D eigenvalue weighted by Gasteiger charge is -2.16. The van der Waals surface area contributed by atoms with E-state index in [-0.39, 0.29) is 0 Å². The summed E-state index contributed by atoms with van der Waals surface area (Å²) in [5, 5.41) is 0. The van der Waals surface area contributed by atoms with Crippen molar-refractivity contribution in [1.82, 2.24) is 0 Å². The van der Waals surface area contributed by atoms with Gasteiger partial charge in [-0.05, 0) is 18.9 Å². The average molecular weight is 174 g/mol. The van der Waals surface area contributed by atoms with Crippen molar-refractivity contribution < 1.29 is 0 Å². The molecule has 0 amide bonds. The van der Waals surface area contributed by atoms with Gasteiger partial charge in [0, 0.05) is 5.92 Å². The number of benzene rings is 1. The maximum atomic E-state index is 4.05. The van der Waals surface area contributed by atoms with Gasteiger partial charge in [-0.1, -0.05) is 55.8 Å². The van der Waals surface area contributed by atoms with Crippen molar-refractivity contribution >= 4 is 0 Å². The lowest BCUT2D eigenvalue weighted by atomic mass is 9.89. The molecule has 0 saturated heterocycles. The predicted octanol–water partition coefficient (Wildman–Crippen LogP) is 4.15. The SMILES string of the molecule is C=C(C)C(CCC)c1ccccc1. The maximum absolute atomic E-state index is 4.05. The van der Waals surface area contributed by atoms with E-state index in [1.807, 2.05) is 0 Å². The van der Waals surface area contributed by atoms with Crippen molar-refractivity contribution in [3.8, 4) is 0 Å². The Kier molecular flexibility index (Phi) is 3.75. The zero-order valence-electron chi connectivity index (χ0n) is 8.59. The van der Waals surface area contributed by atoms with Crippen LogP contribution in [0, 0.1) is 0 Å². The highest BCUT2D eigenvalue weighted by molar-refractivity contribution is 5.26. The van der Waals surface area contributed by atoms with E-state index in [4.69, 9.17) is 0 Å². The molecule has 0 radical (unpaired) electrons. The van der Waals surface area contributed by atoms with Crippen LogP contribution in [0.3, 0.4) is 0 Å². The van der Waals surface area contributed by atoms with Crippen LogP contribution in [0.1, 0.15) is 38.2 Å². The Hall–Kier alpha value is -1.04. The standard InChI is InChI=1S/C13H18/c1-4-8-13(11(2)3)12-9-6-5-7-10-12/h5-7,9-10,13H,2,4,8H2,1,3H3. The van der Waals surface area contributed by atoms with Gasteiger partial charge in [0.15, 0.2) is 0 Å². The third-order valence-corrected chi connectivity index (χ3v) is 2.37. The summed E-state index contributed by atoms with van der Waals surface area (Å²) in [6.45, 7) is 8.39. The van der Waals surface area contributed by atoms with Gasteiger partial charge in [0.2, 0.25) is 0 Å². The predicted molar refractivity (Wildman–Crippen MR) is 58.9 cm³/mol. The second-order valence-corrected chi connectivity index (χ2v) is 3.60. The molecule has 1 atom stereocenters. The molecule has 0 spiro atoms. The third-order valence-electron chi connectivity index (χ3n) is 2.37. The highest BCUT2D eigenvalue weighted by Gasteiger charge is 2.09. The average Bonchev–Trinajstić information content (AvgIpc) is 2.15. The number of hydrogen-bond acceptors (Lipinski definition) is 0. The lowest BCUT2D eigenvalue weighted by molar-refractivity contribution is 0.688. The Morgan fingerprint density at radius 3 is 2.38 bits per heavy atom. The molecule has 0 saturated carbocycles.